The van der Waals surface area contributed by atoms with Gasteiger partial charge in [-0.2, -0.15) is 5.26 Å². The zero-order chi connectivity index (χ0) is 15.5. The molecule has 25 heavy (non-hydrogen) atoms. The number of rotatable bonds is 2. The maximum absolute atomic E-state index is 14.8. The van der Waals surface area contributed by atoms with Gasteiger partial charge in [0.05, 0.1) is 6.07 Å². The van der Waals surface area contributed by atoms with E-state index in [1.807, 2.05) is 0 Å². The van der Waals surface area contributed by atoms with Gasteiger partial charge in [0.1, 0.15) is 6.17 Å². The maximum atomic E-state index is 14.8. The molecule has 0 aliphatic heterocycles. The Balaban J connectivity index is 0.00000192. The highest BCUT2D eigenvalue weighted by molar-refractivity contribution is 4.92. The molecule has 148 valence electrons. The van der Waals surface area contributed by atoms with E-state index in [-0.39, 0.29) is 22.3 Å². The molecule has 0 heterocycles. The summed E-state index contributed by atoms with van der Waals surface area (Å²) in [6.07, 6.45) is 12.3. The molecule has 0 aromatic carbocycles. The zero-order valence-electron chi connectivity index (χ0n) is 15.6. The van der Waals surface area contributed by atoms with Crippen LogP contribution in [0, 0.1) is 46.8 Å². The van der Waals surface area contributed by atoms with Crippen LogP contribution < -0.4 is 0 Å². The van der Waals surface area contributed by atoms with Gasteiger partial charge in [0.15, 0.2) is 0 Å². The average molecular weight is 360 g/mol. The van der Waals surface area contributed by atoms with Crippen molar-refractivity contribution in [3.8, 4) is 6.07 Å². The molecule has 0 bridgehead atoms. The number of alkyl halides is 1. The van der Waals surface area contributed by atoms with E-state index in [0.29, 0.717) is 23.7 Å². The minimum Gasteiger partial charge on any atom is -0.412 e. The highest BCUT2D eigenvalue weighted by Crippen LogP contribution is 2.46. The molecule has 3 unspecified atom stereocenters. The second-order valence-corrected chi connectivity index (χ2v) is 8.51. The minimum absolute atomic E-state index is 0. The van der Waals surface area contributed by atoms with E-state index in [9.17, 15) is 4.39 Å². The van der Waals surface area contributed by atoms with E-state index in [4.69, 9.17) is 5.26 Å². The van der Waals surface area contributed by atoms with Crippen LogP contribution in [-0.2, 0) is 0 Å². The first-order valence-electron chi connectivity index (χ1n) is 9.71. The fourth-order valence-corrected chi connectivity index (χ4v) is 5.56. The fraction of sp³-hybridized carbons (Fsp3) is 0.950. The van der Waals surface area contributed by atoms with Gasteiger partial charge in [0.25, 0.3) is 0 Å². The van der Waals surface area contributed by atoms with Crippen LogP contribution in [0.4, 0.5) is 4.39 Å². The van der Waals surface area contributed by atoms with Gasteiger partial charge in [0, 0.05) is 5.92 Å². The Morgan fingerprint density at radius 3 is 1.76 bits per heavy atom. The molecule has 5 heteroatoms. The summed E-state index contributed by atoms with van der Waals surface area (Å²) < 4.78 is 14.8. The van der Waals surface area contributed by atoms with Crippen molar-refractivity contribution in [2.45, 2.75) is 83.7 Å². The second kappa shape index (κ2) is 11.1. The van der Waals surface area contributed by atoms with Gasteiger partial charge in [-0.1, -0.05) is 19.8 Å². The van der Waals surface area contributed by atoms with Gasteiger partial charge in [-0.3, -0.25) is 0 Å². The zero-order valence-corrected chi connectivity index (χ0v) is 15.6. The largest absolute Gasteiger partial charge is 0.412 e. The second-order valence-electron chi connectivity index (χ2n) is 8.51. The summed E-state index contributed by atoms with van der Waals surface area (Å²) in [4.78, 5) is 0. The Morgan fingerprint density at radius 1 is 0.720 bits per heavy atom. The van der Waals surface area contributed by atoms with Crippen LogP contribution in [0.1, 0.15) is 77.6 Å². The number of hydrogen-bond donors (Lipinski definition) is 0. The molecule has 0 aromatic heterocycles. The summed E-state index contributed by atoms with van der Waals surface area (Å²) in [6, 6.07) is 2.42. The summed E-state index contributed by atoms with van der Waals surface area (Å²) in [5.74, 6) is 3.48. The lowest BCUT2D eigenvalue weighted by Crippen LogP contribution is -2.36. The molecule has 3 saturated carbocycles. The molecular formula is C20H38FNO3. The molecule has 3 atom stereocenters. The predicted octanol–water partition coefficient (Wildman–Crippen LogP) is 3.42. The predicted molar refractivity (Wildman–Crippen MR) is 98.8 cm³/mol. The molecular weight excluding hydrogens is 321 g/mol. The van der Waals surface area contributed by atoms with Crippen LogP contribution >= 0.6 is 0 Å². The third-order valence-corrected chi connectivity index (χ3v) is 7.15. The number of hydrogen-bond acceptors (Lipinski definition) is 1. The van der Waals surface area contributed by atoms with Gasteiger partial charge in [-0.25, -0.2) is 4.39 Å². The summed E-state index contributed by atoms with van der Waals surface area (Å²) in [6.45, 7) is 2.34. The van der Waals surface area contributed by atoms with Crippen molar-refractivity contribution in [1.82, 2.24) is 0 Å². The molecule has 4 nitrogen and oxygen atoms in total. The normalized spacial score (nSPS) is 41.2. The Hall–Kier alpha value is -0.700. The molecule has 3 aliphatic carbocycles. The van der Waals surface area contributed by atoms with E-state index in [1.165, 1.54) is 44.9 Å². The van der Waals surface area contributed by atoms with Crippen LogP contribution in [0.2, 0.25) is 0 Å². The molecule has 0 saturated heterocycles. The molecule has 0 spiro atoms. The molecule has 0 amide bonds. The summed E-state index contributed by atoms with van der Waals surface area (Å²) in [5.41, 5.74) is 0. The first kappa shape index (κ1) is 24.3. The van der Waals surface area contributed by atoms with E-state index in [2.05, 4.69) is 13.0 Å². The topological polar surface area (TPSA) is 118 Å². The van der Waals surface area contributed by atoms with Gasteiger partial charge >= 0.3 is 0 Å². The first-order valence-corrected chi connectivity index (χ1v) is 9.71. The van der Waals surface area contributed by atoms with Crippen LogP contribution in [-0.4, -0.2) is 22.6 Å². The summed E-state index contributed by atoms with van der Waals surface area (Å²) in [7, 11) is 0. The molecule has 0 aromatic rings. The van der Waals surface area contributed by atoms with Crippen molar-refractivity contribution < 1.29 is 20.8 Å². The minimum atomic E-state index is -0.550. The van der Waals surface area contributed by atoms with Crippen molar-refractivity contribution in [2.24, 2.45) is 35.5 Å². The van der Waals surface area contributed by atoms with Gasteiger partial charge in [0.2, 0.25) is 0 Å². The summed E-state index contributed by atoms with van der Waals surface area (Å²) >= 11 is 0. The third kappa shape index (κ3) is 5.91. The average Bonchev–Trinajstić information content (AvgIpc) is 2.56. The SMILES string of the molecule is CC1CCC(C2CCC(C3CCC(C#N)CC3)CC2F)CC1.O.O.O. The summed E-state index contributed by atoms with van der Waals surface area (Å²) in [5, 5.41) is 9.02. The Morgan fingerprint density at radius 2 is 1.24 bits per heavy atom. The number of halogens is 1. The van der Waals surface area contributed by atoms with Gasteiger partial charge < -0.3 is 16.4 Å². The maximum Gasteiger partial charge on any atom is 0.103 e. The fourth-order valence-electron chi connectivity index (χ4n) is 5.56. The Kier molecular flexibility index (Phi) is 10.8. The van der Waals surface area contributed by atoms with E-state index < -0.39 is 6.17 Å². The van der Waals surface area contributed by atoms with Crippen molar-refractivity contribution in [3.05, 3.63) is 0 Å². The highest BCUT2D eigenvalue weighted by atomic mass is 19.1. The molecule has 0 radical (unpaired) electrons. The van der Waals surface area contributed by atoms with Crippen molar-refractivity contribution in [1.29, 1.82) is 5.26 Å². The number of nitriles is 1. The van der Waals surface area contributed by atoms with E-state index in [0.717, 1.165) is 31.6 Å². The number of nitrogens with zero attached hydrogens (tertiary/aromatic N) is 1. The lowest BCUT2D eigenvalue weighted by atomic mass is 9.64. The highest BCUT2D eigenvalue weighted by Gasteiger charge is 2.39. The van der Waals surface area contributed by atoms with Crippen LogP contribution in [0.5, 0.6) is 0 Å². The molecule has 6 N–H and O–H groups in total. The molecule has 3 fully saturated rings. The molecule has 3 aliphatic rings. The lowest BCUT2D eigenvalue weighted by molar-refractivity contribution is 0.0359. The monoisotopic (exact) mass is 359 g/mol. The van der Waals surface area contributed by atoms with Crippen molar-refractivity contribution in [3.63, 3.8) is 0 Å². The van der Waals surface area contributed by atoms with Crippen LogP contribution in [0.15, 0.2) is 0 Å². The Bertz CT molecular complexity index is 398. The third-order valence-electron chi connectivity index (χ3n) is 7.15. The standard InChI is InChI=1S/C20H32FN.3H2O/c1-14-2-6-17(7-3-14)19-11-10-18(12-20(19)21)16-8-4-15(13-22)5-9-16;;;/h14-20H,2-12H2,1H3;3*1H2. The van der Waals surface area contributed by atoms with Crippen LogP contribution in [0.25, 0.3) is 0 Å². The lowest BCUT2D eigenvalue weighted by Gasteiger charge is -2.42. The Labute approximate surface area is 152 Å². The smallest absolute Gasteiger partial charge is 0.103 e. The van der Waals surface area contributed by atoms with Crippen molar-refractivity contribution >= 4 is 0 Å². The van der Waals surface area contributed by atoms with Crippen molar-refractivity contribution in [2.75, 3.05) is 0 Å². The van der Waals surface area contributed by atoms with Gasteiger partial charge in [-0.15, -0.1) is 0 Å². The van der Waals surface area contributed by atoms with Gasteiger partial charge in [-0.05, 0) is 87.4 Å². The molecule has 3 rings (SSSR count). The van der Waals surface area contributed by atoms with E-state index >= 15 is 0 Å². The quantitative estimate of drug-likeness (QED) is 0.737. The van der Waals surface area contributed by atoms with E-state index in [1.54, 1.807) is 0 Å². The van der Waals surface area contributed by atoms with Crippen LogP contribution in [0.3, 0.4) is 0 Å². The first-order chi connectivity index (χ1) is 10.7.